The number of Topliss-reactive ketones (excluding diaryl/α,β-unsaturated/α-hetero) is 1. The van der Waals surface area contributed by atoms with E-state index in [0.29, 0.717) is 18.1 Å². The molecule has 0 spiro atoms. The molecule has 0 N–H and O–H groups in total. The molecule has 17 heavy (non-hydrogen) atoms. The number of aryl methyl sites for hydroxylation is 1. The van der Waals surface area contributed by atoms with Gasteiger partial charge in [0.05, 0.1) is 5.92 Å². The van der Waals surface area contributed by atoms with Gasteiger partial charge in [-0.1, -0.05) is 12.1 Å². The topological polar surface area (TPSA) is 56.0 Å². The fraction of sp³-hybridized carbons (Fsp3) is 0.417. The Balaban J connectivity index is 2.28. The quantitative estimate of drug-likeness (QED) is 0.836. The minimum atomic E-state index is -0.319. The highest BCUT2D eigenvalue weighted by Crippen LogP contribution is 2.26. The third kappa shape index (κ3) is 2.29. The number of ketones is 1. The molecule has 0 aromatic carbocycles. The molecule has 1 atom stereocenters. The minimum Gasteiger partial charge on any atom is -0.338 e. The second kappa shape index (κ2) is 4.79. The molecule has 0 bridgehead atoms. The molecule has 0 radical (unpaired) electrons. The molecule has 90 valence electrons. The number of thiophene rings is 1. The van der Waals surface area contributed by atoms with Gasteiger partial charge in [0.2, 0.25) is 11.7 Å². The van der Waals surface area contributed by atoms with Crippen LogP contribution in [0.1, 0.15) is 37.6 Å². The molecule has 1 unspecified atom stereocenters. The highest BCUT2D eigenvalue weighted by molar-refractivity contribution is 7.08. The van der Waals surface area contributed by atoms with Gasteiger partial charge in [-0.15, -0.1) is 0 Å². The molecule has 2 aromatic heterocycles. The maximum atomic E-state index is 11.5. The van der Waals surface area contributed by atoms with Gasteiger partial charge in [0.1, 0.15) is 5.78 Å². The molecule has 2 aromatic rings. The average Bonchev–Trinajstić information content (AvgIpc) is 2.95. The Morgan fingerprint density at radius 1 is 1.53 bits per heavy atom. The van der Waals surface area contributed by atoms with Crippen LogP contribution in [0.5, 0.6) is 0 Å². The molecule has 0 saturated heterocycles. The number of carbonyl (C=O) groups excluding carboxylic acids is 1. The molecule has 0 amide bonds. The second-order valence-electron chi connectivity index (χ2n) is 3.97. The lowest BCUT2D eigenvalue weighted by molar-refractivity contribution is -0.120. The van der Waals surface area contributed by atoms with Gasteiger partial charge in [0.25, 0.3) is 0 Å². The Morgan fingerprint density at radius 3 is 2.88 bits per heavy atom. The summed E-state index contributed by atoms with van der Waals surface area (Å²) < 4.78 is 5.15. The van der Waals surface area contributed by atoms with Crippen LogP contribution in [0, 0.1) is 6.92 Å². The van der Waals surface area contributed by atoms with Crippen LogP contribution in [0.15, 0.2) is 15.3 Å². The van der Waals surface area contributed by atoms with Gasteiger partial charge < -0.3 is 4.52 Å². The van der Waals surface area contributed by atoms with Gasteiger partial charge in [-0.25, -0.2) is 0 Å². The molecule has 0 aliphatic carbocycles. The third-order valence-electron chi connectivity index (χ3n) is 2.74. The predicted octanol–water partition coefficient (Wildman–Crippen LogP) is 3.19. The Kier molecular flexibility index (Phi) is 3.38. The lowest BCUT2D eigenvalue weighted by atomic mass is 10.1. The smallest absolute Gasteiger partial charge is 0.237 e. The van der Waals surface area contributed by atoms with Crippen LogP contribution < -0.4 is 0 Å². The Morgan fingerprint density at radius 2 is 2.29 bits per heavy atom. The number of carbonyl (C=O) groups is 1. The Bertz CT molecular complexity index is 530. The molecule has 4 nitrogen and oxygen atoms in total. The summed E-state index contributed by atoms with van der Waals surface area (Å²) in [6.07, 6.45) is 0.482. The summed E-state index contributed by atoms with van der Waals surface area (Å²) in [5.74, 6) is 0.759. The fourth-order valence-electron chi connectivity index (χ4n) is 1.55. The van der Waals surface area contributed by atoms with Crippen molar-refractivity contribution in [2.24, 2.45) is 0 Å². The van der Waals surface area contributed by atoms with E-state index in [1.807, 2.05) is 24.6 Å². The van der Waals surface area contributed by atoms with Crippen molar-refractivity contribution < 1.29 is 9.32 Å². The number of hydrogen-bond acceptors (Lipinski definition) is 5. The van der Waals surface area contributed by atoms with E-state index in [4.69, 9.17) is 4.52 Å². The van der Waals surface area contributed by atoms with Crippen molar-refractivity contribution in [3.8, 4) is 11.4 Å². The molecule has 0 saturated carbocycles. The van der Waals surface area contributed by atoms with E-state index in [-0.39, 0.29) is 11.7 Å². The number of hydrogen-bond donors (Lipinski definition) is 0. The van der Waals surface area contributed by atoms with Gasteiger partial charge in [-0.3, -0.25) is 4.79 Å². The first-order valence-corrected chi connectivity index (χ1v) is 6.47. The molecular weight excluding hydrogens is 236 g/mol. The minimum absolute atomic E-state index is 0.113. The average molecular weight is 250 g/mol. The summed E-state index contributed by atoms with van der Waals surface area (Å²) >= 11 is 1.60. The van der Waals surface area contributed by atoms with Crippen molar-refractivity contribution in [2.45, 2.75) is 33.1 Å². The van der Waals surface area contributed by atoms with Crippen molar-refractivity contribution in [1.82, 2.24) is 10.1 Å². The van der Waals surface area contributed by atoms with Crippen molar-refractivity contribution in [2.75, 3.05) is 0 Å². The monoisotopic (exact) mass is 250 g/mol. The van der Waals surface area contributed by atoms with E-state index in [1.54, 1.807) is 18.3 Å². The predicted molar refractivity (Wildman–Crippen MR) is 66.1 cm³/mol. The van der Waals surface area contributed by atoms with Gasteiger partial charge in [0.15, 0.2) is 0 Å². The molecule has 0 fully saturated rings. The van der Waals surface area contributed by atoms with E-state index >= 15 is 0 Å². The standard InChI is InChI=1S/C12H14N2O2S/c1-4-10(15)8(3)12-13-11(14-16-12)9-6-17-5-7(9)2/h5-6,8H,4H2,1-3H3. The highest BCUT2D eigenvalue weighted by atomic mass is 32.1. The van der Waals surface area contributed by atoms with Crippen LogP contribution in [0.2, 0.25) is 0 Å². The summed E-state index contributed by atoms with van der Waals surface area (Å²) in [5, 5.41) is 7.94. The van der Waals surface area contributed by atoms with E-state index in [9.17, 15) is 4.79 Å². The number of nitrogens with zero attached hydrogens (tertiary/aromatic N) is 2. The molecular formula is C12H14N2O2S. The van der Waals surface area contributed by atoms with Crippen LogP contribution in [-0.2, 0) is 4.79 Å². The van der Waals surface area contributed by atoms with Gasteiger partial charge >= 0.3 is 0 Å². The zero-order valence-electron chi connectivity index (χ0n) is 10.1. The first-order chi connectivity index (χ1) is 8.13. The summed E-state index contributed by atoms with van der Waals surface area (Å²) in [6.45, 7) is 5.63. The van der Waals surface area contributed by atoms with Crippen LogP contribution in [-0.4, -0.2) is 15.9 Å². The first kappa shape index (κ1) is 12.0. The highest BCUT2D eigenvalue weighted by Gasteiger charge is 2.21. The summed E-state index contributed by atoms with van der Waals surface area (Å²) in [6, 6.07) is 0. The largest absolute Gasteiger partial charge is 0.338 e. The fourth-order valence-corrected chi connectivity index (χ4v) is 2.38. The molecule has 0 aliphatic rings. The van der Waals surface area contributed by atoms with E-state index in [2.05, 4.69) is 10.1 Å². The lowest BCUT2D eigenvalue weighted by Crippen LogP contribution is -2.07. The van der Waals surface area contributed by atoms with Crippen LogP contribution in [0.3, 0.4) is 0 Å². The lowest BCUT2D eigenvalue weighted by Gasteiger charge is -2.01. The van der Waals surface area contributed by atoms with Crippen LogP contribution in [0.25, 0.3) is 11.4 Å². The zero-order valence-corrected chi connectivity index (χ0v) is 10.9. The van der Waals surface area contributed by atoms with Gasteiger partial charge in [0, 0.05) is 17.4 Å². The van der Waals surface area contributed by atoms with E-state index < -0.39 is 0 Å². The van der Waals surface area contributed by atoms with Gasteiger partial charge in [-0.05, 0) is 24.8 Å². The molecule has 0 aliphatic heterocycles. The molecule has 5 heteroatoms. The van der Waals surface area contributed by atoms with Crippen molar-refractivity contribution in [3.05, 3.63) is 22.2 Å². The first-order valence-electron chi connectivity index (χ1n) is 5.53. The zero-order chi connectivity index (χ0) is 12.4. The molecule has 2 rings (SSSR count). The van der Waals surface area contributed by atoms with Crippen molar-refractivity contribution >= 4 is 17.1 Å². The van der Waals surface area contributed by atoms with Crippen molar-refractivity contribution in [3.63, 3.8) is 0 Å². The molecule has 2 heterocycles. The van der Waals surface area contributed by atoms with Crippen LogP contribution >= 0.6 is 11.3 Å². The summed E-state index contributed by atoms with van der Waals surface area (Å²) in [7, 11) is 0. The van der Waals surface area contributed by atoms with E-state index in [0.717, 1.165) is 11.1 Å². The normalized spacial score (nSPS) is 12.6. The maximum Gasteiger partial charge on any atom is 0.237 e. The summed E-state index contributed by atoms with van der Waals surface area (Å²) in [4.78, 5) is 15.8. The Labute approximate surface area is 104 Å². The summed E-state index contributed by atoms with van der Waals surface area (Å²) in [5.41, 5.74) is 2.10. The second-order valence-corrected chi connectivity index (χ2v) is 4.71. The number of aromatic nitrogens is 2. The van der Waals surface area contributed by atoms with Crippen LogP contribution in [0.4, 0.5) is 0 Å². The third-order valence-corrected chi connectivity index (χ3v) is 3.60. The van der Waals surface area contributed by atoms with Crippen molar-refractivity contribution in [1.29, 1.82) is 0 Å². The Hall–Kier alpha value is -1.49. The SMILES string of the molecule is CCC(=O)C(C)c1nc(-c2cscc2C)no1. The number of rotatable bonds is 4. The van der Waals surface area contributed by atoms with E-state index in [1.165, 1.54) is 0 Å². The van der Waals surface area contributed by atoms with Gasteiger partial charge in [-0.2, -0.15) is 16.3 Å². The maximum absolute atomic E-state index is 11.5.